The summed E-state index contributed by atoms with van der Waals surface area (Å²) in [6, 6.07) is 3.29. The summed E-state index contributed by atoms with van der Waals surface area (Å²) >= 11 is 0. The average Bonchev–Trinajstić information content (AvgIpc) is 2.03. The molecule has 0 spiro atoms. The lowest BCUT2D eigenvalue weighted by Crippen LogP contribution is -2.15. The van der Waals surface area contributed by atoms with Crippen LogP contribution in [0.2, 0.25) is 0 Å². The first-order valence-electron chi connectivity index (χ1n) is 3.42. The van der Waals surface area contributed by atoms with Crippen LogP contribution in [0.3, 0.4) is 0 Å². The van der Waals surface area contributed by atoms with E-state index < -0.39 is 17.6 Å². The molecule has 1 aromatic rings. The minimum atomic E-state index is -0.764. The van der Waals surface area contributed by atoms with Crippen LogP contribution in [0.25, 0.3) is 0 Å². The Morgan fingerprint density at radius 1 is 0.923 bits per heavy atom. The van der Waals surface area contributed by atoms with E-state index in [1.54, 1.807) is 0 Å². The van der Waals surface area contributed by atoms with Crippen LogP contribution in [0.1, 0.15) is 20.7 Å². The Bertz CT molecular complexity index is 341. The van der Waals surface area contributed by atoms with Gasteiger partial charge in [0.2, 0.25) is 11.8 Å². The predicted octanol–water partition coefficient (Wildman–Crippen LogP) is 0.0282. The molecule has 0 fully saturated rings. The smallest absolute Gasteiger partial charge is 0.248 e. The van der Waals surface area contributed by atoms with Crippen molar-refractivity contribution in [2.24, 2.45) is 11.5 Å². The summed E-state index contributed by atoms with van der Waals surface area (Å²) in [7, 11) is 0. The van der Waals surface area contributed by atoms with Crippen LogP contribution < -0.4 is 11.5 Å². The molecule has 0 unspecified atom stereocenters. The normalized spacial score (nSPS) is 9.54. The largest absolute Gasteiger partial charge is 0.366 e. The van der Waals surface area contributed by atoms with Gasteiger partial charge in [0.05, 0.1) is 0 Å². The third-order valence-corrected chi connectivity index (χ3v) is 1.48. The summed E-state index contributed by atoms with van der Waals surface area (Å²) in [5.41, 5.74) is 9.82. The van der Waals surface area contributed by atoms with Crippen molar-refractivity contribution in [1.29, 1.82) is 0 Å². The molecule has 0 heterocycles. The SMILES string of the molecule is NC(=O)c1cc([O])cc(C(N)=O)c1. The Morgan fingerprint density at radius 3 is 1.62 bits per heavy atom. The molecule has 0 aromatic heterocycles. The van der Waals surface area contributed by atoms with Gasteiger partial charge in [0.15, 0.2) is 5.75 Å². The number of carbonyl (C=O) groups is 2. The molecule has 5 heteroatoms. The van der Waals surface area contributed by atoms with Crippen molar-refractivity contribution >= 4 is 11.8 Å². The Balaban J connectivity index is 3.26. The number of nitrogens with two attached hydrogens (primary N) is 2. The number of amides is 2. The maximum absolute atomic E-state index is 10.9. The number of primary amides is 2. The van der Waals surface area contributed by atoms with Gasteiger partial charge in [-0.15, -0.1) is 0 Å². The first-order valence-corrected chi connectivity index (χ1v) is 3.42. The molecule has 5 nitrogen and oxygen atoms in total. The van der Waals surface area contributed by atoms with Crippen molar-refractivity contribution in [2.75, 3.05) is 0 Å². The molecule has 0 aliphatic heterocycles. The molecular formula is C8H7N2O3. The van der Waals surface area contributed by atoms with E-state index in [1.165, 1.54) is 6.07 Å². The van der Waals surface area contributed by atoms with Crippen molar-refractivity contribution in [3.05, 3.63) is 29.3 Å². The van der Waals surface area contributed by atoms with Crippen molar-refractivity contribution in [2.45, 2.75) is 0 Å². The van der Waals surface area contributed by atoms with Crippen LogP contribution in [0.4, 0.5) is 0 Å². The number of carbonyl (C=O) groups excluding carboxylic acids is 2. The van der Waals surface area contributed by atoms with Gasteiger partial charge < -0.3 is 11.5 Å². The summed E-state index contributed by atoms with van der Waals surface area (Å²) in [4.78, 5) is 21.3. The molecular weight excluding hydrogens is 172 g/mol. The fourth-order valence-corrected chi connectivity index (χ4v) is 0.884. The average molecular weight is 179 g/mol. The second-order valence-corrected chi connectivity index (χ2v) is 2.47. The van der Waals surface area contributed by atoms with Crippen LogP contribution in [0.15, 0.2) is 18.2 Å². The van der Waals surface area contributed by atoms with E-state index in [4.69, 9.17) is 11.5 Å². The van der Waals surface area contributed by atoms with Crippen LogP contribution in [-0.4, -0.2) is 11.8 Å². The second kappa shape index (κ2) is 3.14. The lowest BCUT2D eigenvalue weighted by atomic mass is 10.1. The lowest BCUT2D eigenvalue weighted by Gasteiger charge is -1.98. The zero-order valence-corrected chi connectivity index (χ0v) is 6.61. The first kappa shape index (κ1) is 9.05. The number of benzene rings is 1. The standard InChI is InChI=1S/C8H7N2O3/c9-7(12)4-1-5(8(10)13)3-6(11)2-4/h1-3H,(H2,9,12)(H2,10,13). The van der Waals surface area contributed by atoms with E-state index in [0.717, 1.165) is 12.1 Å². The van der Waals surface area contributed by atoms with Crippen LogP contribution in [-0.2, 0) is 5.11 Å². The molecule has 1 rings (SSSR count). The molecule has 2 amide bonds. The first-order chi connectivity index (χ1) is 6.00. The molecule has 0 atom stereocenters. The maximum Gasteiger partial charge on any atom is 0.248 e. The van der Waals surface area contributed by atoms with Gasteiger partial charge in [0.25, 0.3) is 0 Å². The van der Waals surface area contributed by atoms with Gasteiger partial charge in [0.1, 0.15) is 0 Å². The minimum absolute atomic E-state index is 0.0127. The van der Waals surface area contributed by atoms with Crippen LogP contribution in [0, 0.1) is 0 Å². The van der Waals surface area contributed by atoms with E-state index in [-0.39, 0.29) is 11.1 Å². The van der Waals surface area contributed by atoms with Crippen molar-refractivity contribution in [3.8, 4) is 5.75 Å². The van der Waals surface area contributed by atoms with E-state index in [2.05, 4.69) is 0 Å². The predicted molar refractivity (Wildman–Crippen MR) is 43.6 cm³/mol. The molecule has 0 aliphatic carbocycles. The van der Waals surface area contributed by atoms with Gasteiger partial charge in [-0.05, 0) is 18.2 Å². The number of hydrogen-bond acceptors (Lipinski definition) is 2. The Morgan fingerprint density at radius 2 is 1.31 bits per heavy atom. The zero-order valence-electron chi connectivity index (χ0n) is 6.61. The highest BCUT2D eigenvalue weighted by Crippen LogP contribution is 2.15. The Labute approximate surface area is 74.0 Å². The fourth-order valence-electron chi connectivity index (χ4n) is 0.884. The summed E-state index contributed by atoms with van der Waals surface area (Å²) in [6.45, 7) is 0. The van der Waals surface area contributed by atoms with Crippen molar-refractivity contribution in [1.82, 2.24) is 0 Å². The minimum Gasteiger partial charge on any atom is -0.366 e. The molecule has 4 N–H and O–H groups in total. The van der Waals surface area contributed by atoms with E-state index >= 15 is 0 Å². The van der Waals surface area contributed by atoms with Gasteiger partial charge in [-0.2, -0.15) is 0 Å². The molecule has 0 saturated heterocycles. The quantitative estimate of drug-likeness (QED) is 0.668. The Hall–Kier alpha value is -2.04. The molecule has 1 radical (unpaired) electrons. The molecule has 13 heavy (non-hydrogen) atoms. The van der Waals surface area contributed by atoms with Gasteiger partial charge in [-0.3, -0.25) is 14.7 Å². The lowest BCUT2D eigenvalue weighted by molar-refractivity contribution is 0.0999. The van der Waals surface area contributed by atoms with Gasteiger partial charge in [-0.1, -0.05) is 0 Å². The van der Waals surface area contributed by atoms with Crippen molar-refractivity contribution in [3.63, 3.8) is 0 Å². The molecule has 0 aliphatic rings. The molecule has 67 valence electrons. The van der Waals surface area contributed by atoms with Crippen LogP contribution >= 0.6 is 0 Å². The number of rotatable bonds is 2. The fraction of sp³-hybridized carbons (Fsp3) is 0. The summed E-state index contributed by atoms with van der Waals surface area (Å²) < 4.78 is 0. The number of hydrogen-bond donors (Lipinski definition) is 2. The van der Waals surface area contributed by atoms with E-state index in [1.807, 2.05) is 0 Å². The van der Waals surface area contributed by atoms with Crippen LogP contribution in [0.5, 0.6) is 5.75 Å². The molecule has 0 bridgehead atoms. The highest BCUT2D eigenvalue weighted by Gasteiger charge is 2.08. The molecule has 1 aromatic carbocycles. The Kier molecular flexibility index (Phi) is 2.19. The molecule has 0 saturated carbocycles. The van der Waals surface area contributed by atoms with Crippen molar-refractivity contribution < 1.29 is 14.7 Å². The van der Waals surface area contributed by atoms with Gasteiger partial charge >= 0.3 is 0 Å². The second-order valence-electron chi connectivity index (χ2n) is 2.47. The third-order valence-electron chi connectivity index (χ3n) is 1.48. The van der Waals surface area contributed by atoms with Gasteiger partial charge in [0, 0.05) is 11.1 Å². The summed E-state index contributed by atoms with van der Waals surface area (Å²) in [5.74, 6) is -1.99. The third kappa shape index (κ3) is 1.96. The van der Waals surface area contributed by atoms with Gasteiger partial charge in [-0.25, -0.2) is 0 Å². The van der Waals surface area contributed by atoms with E-state index in [0.29, 0.717) is 0 Å². The maximum atomic E-state index is 10.9. The summed E-state index contributed by atoms with van der Waals surface area (Å²) in [5, 5.41) is 10.9. The van der Waals surface area contributed by atoms with E-state index in [9.17, 15) is 14.7 Å². The highest BCUT2D eigenvalue weighted by atomic mass is 16.3. The topological polar surface area (TPSA) is 106 Å². The highest BCUT2D eigenvalue weighted by molar-refractivity contribution is 5.99. The monoisotopic (exact) mass is 179 g/mol. The zero-order chi connectivity index (χ0) is 10.0. The summed E-state index contributed by atoms with van der Waals surface area (Å²) in [6.07, 6.45) is 0.